The zero-order valence-electron chi connectivity index (χ0n) is 10.1. The topological polar surface area (TPSA) is 24.4 Å². The Morgan fingerprint density at radius 2 is 1.74 bits per heavy atom. The van der Waals surface area contributed by atoms with Gasteiger partial charge in [-0.3, -0.25) is 5.43 Å². The molecule has 2 nitrogen and oxygen atoms in total. The van der Waals surface area contributed by atoms with E-state index >= 15 is 0 Å². The molecule has 0 amide bonds. The standard InChI is InChI=1S/C14H11BrCl2N2/c1-9(10-2-4-11(15)5-3-10)18-19-12-6-7-13(16)14(17)8-12/h2-8,19H,1H3. The first-order valence-electron chi connectivity index (χ1n) is 5.57. The van der Waals surface area contributed by atoms with Crippen molar-refractivity contribution in [3.8, 4) is 0 Å². The zero-order chi connectivity index (χ0) is 13.8. The molecule has 0 saturated carbocycles. The molecule has 19 heavy (non-hydrogen) atoms. The van der Waals surface area contributed by atoms with Crippen molar-refractivity contribution in [3.63, 3.8) is 0 Å². The highest BCUT2D eigenvalue weighted by molar-refractivity contribution is 9.10. The summed E-state index contributed by atoms with van der Waals surface area (Å²) in [5.74, 6) is 0. The summed E-state index contributed by atoms with van der Waals surface area (Å²) in [5.41, 5.74) is 5.70. The lowest BCUT2D eigenvalue weighted by Crippen LogP contribution is -1.99. The predicted molar refractivity (Wildman–Crippen MR) is 86.4 cm³/mol. The highest BCUT2D eigenvalue weighted by Gasteiger charge is 2.00. The van der Waals surface area contributed by atoms with Crippen LogP contribution in [0.3, 0.4) is 0 Å². The first-order chi connectivity index (χ1) is 9.06. The van der Waals surface area contributed by atoms with E-state index in [1.807, 2.05) is 37.3 Å². The Kier molecular flexibility index (Phi) is 4.86. The second kappa shape index (κ2) is 6.42. The summed E-state index contributed by atoms with van der Waals surface area (Å²) in [6, 6.07) is 13.3. The molecule has 0 bridgehead atoms. The SMILES string of the molecule is CC(=NNc1ccc(Cl)c(Cl)c1)c1ccc(Br)cc1. The maximum atomic E-state index is 5.94. The number of halogens is 3. The third-order valence-electron chi connectivity index (χ3n) is 2.53. The average molecular weight is 358 g/mol. The summed E-state index contributed by atoms with van der Waals surface area (Å²) in [7, 11) is 0. The molecule has 2 rings (SSSR count). The number of nitrogens with one attached hydrogen (secondary N) is 1. The van der Waals surface area contributed by atoms with Crippen LogP contribution in [0.2, 0.25) is 10.0 Å². The molecule has 0 aliphatic rings. The minimum absolute atomic E-state index is 0.503. The number of hydrogen-bond acceptors (Lipinski definition) is 2. The summed E-state index contributed by atoms with van der Waals surface area (Å²) in [6.07, 6.45) is 0. The van der Waals surface area contributed by atoms with Crippen LogP contribution >= 0.6 is 39.1 Å². The number of anilines is 1. The number of hydrogen-bond donors (Lipinski definition) is 1. The molecule has 98 valence electrons. The van der Waals surface area contributed by atoms with E-state index in [-0.39, 0.29) is 0 Å². The van der Waals surface area contributed by atoms with E-state index < -0.39 is 0 Å². The molecule has 5 heteroatoms. The minimum atomic E-state index is 0.503. The highest BCUT2D eigenvalue weighted by Crippen LogP contribution is 2.25. The number of rotatable bonds is 3. The van der Waals surface area contributed by atoms with Gasteiger partial charge in [-0.05, 0) is 42.8 Å². The summed E-state index contributed by atoms with van der Waals surface area (Å²) in [6.45, 7) is 1.94. The molecule has 0 aromatic heterocycles. The highest BCUT2D eigenvalue weighted by atomic mass is 79.9. The van der Waals surface area contributed by atoms with Gasteiger partial charge in [-0.15, -0.1) is 0 Å². The maximum absolute atomic E-state index is 5.94. The van der Waals surface area contributed by atoms with Crippen molar-refractivity contribution in [2.75, 3.05) is 5.43 Å². The van der Waals surface area contributed by atoms with Gasteiger partial charge in [0.1, 0.15) is 0 Å². The fourth-order valence-electron chi connectivity index (χ4n) is 1.47. The van der Waals surface area contributed by atoms with Gasteiger partial charge in [-0.2, -0.15) is 5.10 Å². The third-order valence-corrected chi connectivity index (χ3v) is 3.80. The monoisotopic (exact) mass is 356 g/mol. The molecule has 0 saturated heterocycles. The normalized spacial score (nSPS) is 11.5. The quantitative estimate of drug-likeness (QED) is 0.561. The summed E-state index contributed by atoms with van der Waals surface area (Å²) >= 11 is 15.2. The number of nitrogens with zero attached hydrogens (tertiary/aromatic N) is 1. The first kappa shape index (κ1) is 14.4. The predicted octanol–water partition coefficient (Wildman–Crippen LogP) is 5.59. The molecule has 1 N–H and O–H groups in total. The van der Waals surface area contributed by atoms with Gasteiger partial charge in [-0.1, -0.05) is 51.3 Å². The molecule has 0 radical (unpaired) electrons. The Morgan fingerprint density at radius 3 is 2.37 bits per heavy atom. The zero-order valence-corrected chi connectivity index (χ0v) is 13.2. The average Bonchev–Trinajstić information content (AvgIpc) is 2.40. The van der Waals surface area contributed by atoms with Gasteiger partial charge in [0.15, 0.2) is 0 Å². The lowest BCUT2D eigenvalue weighted by molar-refractivity contribution is 1.32. The van der Waals surface area contributed by atoms with Gasteiger partial charge in [0, 0.05) is 4.47 Å². The molecular weight excluding hydrogens is 347 g/mol. The van der Waals surface area contributed by atoms with Gasteiger partial charge in [0.25, 0.3) is 0 Å². The van der Waals surface area contributed by atoms with Gasteiger partial charge in [-0.25, -0.2) is 0 Å². The van der Waals surface area contributed by atoms with Gasteiger partial charge in [0.05, 0.1) is 21.4 Å². The lowest BCUT2D eigenvalue weighted by Gasteiger charge is -2.05. The molecule has 2 aromatic rings. The number of benzene rings is 2. The Morgan fingerprint density at radius 1 is 1.05 bits per heavy atom. The molecule has 0 spiro atoms. The molecular formula is C14H11BrCl2N2. The molecule has 0 unspecified atom stereocenters. The van der Waals surface area contributed by atoms with Gasteiger partial charge < -0.3 is 0 Å². The van der Waals surface area contributed by atoms with Gasteiger partial charge in [0.2, 0.25) is 0 Å². The minimum Gasteiger partial charge on any atom is -0.278 e. The van der Waals surface area contributed by atoms with Crippen LogP contribution in [0.15, 0.2) is 52.0 Å². The van der Waals surface area contributed by atoms with Crippen molar-refractivity contribution in [2.24, 2.45) is 5.10 Å². The van der Waals surface area contributed by atoms with E-state index in [0.717, 1.165) is 21.4 Å². The second-order valence-electron chi connectivity index (χ2n) is 3.94. The molecule has 2 aromatic carbocycles. The van der Waals surface area contributed by atoms with Crippen molar-refractivity contribution < 1.29 is 0 Å². The summed E-state index contributed by atoms with van der Waals surface area (Å²) in [4.78, 5) is 0. The van der Waals surface area contributed by atoms with E-state index in [1.54, 1.807) is 12.1 Å². The van der Waals surface area contributed by atoms with Crippen molar-refractivity contribution in [2.45, 2.75) is 6.92 Å². The Bertz CT molecular complexity index is 609. The molecule has 0 atom stereocenters. The van der Waals surface area contributed by atoms with E-state index in [9.17, 15) is 0 Å². The third kappa shape index (κ3) is 3.96. The maximum Gasteiger partial charge on any atom is 0.0648 e. The van der Waals surface area contributed by atoms with Crippen LogP contribution in [0.1, 0.15) is 12.5 Å². The number of hydrazone groups is 1. The molecule has 0 heterocycles. The summed E-state index contributed by atoms with van der Waals surface area (Å²) < 4.78 is 1.04. The summed E-state index contributed by atoms with van der Waals surface area (Å²) in [5, 5.41) is 5.35. The molecule has 0 aliphatic carbocycles. The van der Waals surface area contributed by atoms with E-state index in [4.69, 9.17) is 23.2 Å². The molecule has 0 fully saturated rings. The van der Waals surface area contributed by atoms with Crippen LogP contribution in [-0.2, 0) is 0 Å². The van der Waals surface area contributed by atoms with Crippen LogP contribution in [0, 0.1) is 0 Å². The van der Waals surface area contributed by atoms with Crippen LogP contribution in [0.4, 0.5) is 5.69 Å². The van der Waals surface area contributed by atoms with E-state index in [1.165, 1.54) is 0 Å². The fraction of sp³-hybridized carbons (Fsp3) is 0.0714. The molecule has 0 aliphatic heterocycles. The van der Waals surface area contributed by atoms with Crippen LogP contribution in [-0.4, -0.2) is 5.71 Å². The largest absolute Gasteiger partial charge is 0.278 e. The Hall–Kier alpha value is -1.03. The first-order valence-corrected chi connectivity index (χ1v) is 7.12. The second-order valence-corrected chi connectivity index (χ2v) is 5.67. The van der Waals surface area contributed by atoms with Crippen LogP contribution < -0.4 is 5.43 Å². The van der Waals surface area contributed by atoms with Crippen LogP contribution in [0.25, 0.3) is 0 Å². The lowest BCUT2D eigenvalue weighted by atomic mass is 10.1. The Balaban J connectivity index is 2.13. The van der Waals surface area contributed by atoms with Crippen molar-refractivity contribution in [1.82, 2.24) is 0 Å². The van der Waals surface area contributed by atoms with Crippen molar-refractivity contribution in [1.29, 1.82) is 0 Å². The Labute approximate surface area is 130 Å². The van der Waals surface area contributed by atoms with Crippen LogP contribution in [0.5, 0.6) is 0 Å². The smallest absolute Gasteiger partial charge is 0.0648 e. The van der Waals surface area contributed by atoms with Crippen molar-refractivity contribution >= 4 is 50.5 Å². The van der Waals surface area contributed by atoms with E-state index in [0.29, 0.717) is 10.0 Å². The van der Waals surface area contributed by atoms with Gasteiger partial charge >= 0.3 is 0 Å². The van der Waals surface area contributed by atoms with Crippen molar-refractivity contribution in [3.05, 3.63) is 62.5 Å². The fourth-order valence-corrected chi connectivity index (χ4v) is 2.03. The van der Waals surface area contributed by atoms with E-state index in [2.05, 4.69) is 26.5 Å².